The van der Waals surface area contributed by atoms with Gasteiger partial charge >= 0.3 is 0 Å². The van der Waals surface area contributed by atoms with Crippen molar-refractivity contribution in [1.82, 2.24) is 9.55 Å². The van der Waals surface area contributed by atoms with Gasteiger partial charge in [0.05, 0.1) is 22.6 Å². The van der Waals surface area contributed by atoms with E-state index in [2.05, 4.69) is 161 Å². The van der Waals surface area contributed by atoms with Gasteiger partial charge < -0.3 is 9.47 Å². The maximum absolute atomic E-state index is 4.91. The Kier molecular flexibility index (Phi) is 5.63. The third kappa shape index (κ3) is 3.79. The van der Waals surface area contributed by atoms with Crippen molar-refractivity contribution in [3.05, 3.63) is 170 Å². The normalized spacial score (nSPS) is 16.9. The van der Waals surface area contributed by atoms with Crippen molar-refractivity contribution in [1.29, 1.82) is 0 Å². The highest BCUT2D eigenvalue weighted by atomic mass is 15.2. The van der Waals surface area contributed by atoms with Crippen LogP contribution in [0.2, 0.25) is 0 Å². The lowest BCUT2D eigenvalue weighted by atomic mass is 9.86. The number of benzene rings is 5. The summed E-state index contributed by atoms with van der Waals surface area (Å²) in [5, 5.41) is 1.16. The molecule has 0 radical (unpaired) electrons. The van der Waals surface area contributed by atoms with E-state index in [0.717, 1.165) is 27.6 Å². The maximum Gasteiger partial charge on any atom is 0.0963 e. The largest absolute Gasteiger partial charge is 0.333 e. The van der Waals surface area contributed by atoms with E-state index in [4.69, 9.17) is 4.98 Å². The zero-order valence-electron chi connectivity index (χ0n) is 24.1. The summed E-state index contributed by atoms with van der Waals surface area (Å²) in [5.74, 6) is 0.280. The Morgan fingerprint density at radius 2 is 1.32 bits per heavy atom. The minimum atomic E-state index is 0.253. The van der Waals surface area contributed by atoms with Gasteiger partial charge in [-0.3, -0.25) is 4.98 Å². The molecule has 1 aliphatic heterocycles. The summed E-state index contributed by atoms with van der Waals surface area (Å²) in [6.45, 7) is 0. The monoisotopic (exact) mass is 563 g/mol. The third-order valence-corrected chi connectivity index (χ3v) is 9.16. The van der Waals surface area contributed by atoms with Crippen LogP contribution in [0.4, 0.5) is 11.4 Å². The van der Waals surface area contributed by atoms with Crippen LogP contribution < -0.4 is 4.90 Å². The van der Waals surface area contributed by atoms with Gasteiger partial charge in [-0.25, -0.2) is 0 Å². The van der Waals surface area contributed by atoms with E-state index in [0.29, 0.717) is 0 Å². The first-order valence-electron chi connectivity index (χ1n) is 15.2. The number of fused-ring (bicyclic) bond motifs is 6. The molecule has 3 heteroatoms. The lowest BCUT2D eigenvalue weighted by Gasteiger charge is -2.28. The van der Waals surface area contributed by atoms with Crippen molar-refractivity contribution < 1.29 is 0 Å². The summed E-state index contributed by atoms with van der Waals surface area (Å²) in [4.78, 5) is 7.41. The molecule has 3 nitrogen and oxygen atoms in total. The van der Waals surface area contributed by atoms with Crippen molar-refractivity contribution in [2.24, 2.45) is 0 Å². The van der Waals surface area contributed by atoms with E-state index >= 15 is 0 Å². The molecule has 5 aromatic carbocycles. The van der Waals surface area contributed by atoms with E-state index in [1.165, 1.54) is 39.2 Å². The van der Waals surface area contributed by atoms with Gasteiger partial charge in [-0.15, -0.1) is 0 Å². The zero-order chi connectivity index (χ0) is 29.0. The van der Waals surface area contributed by atoms with Crippen LogP contribution in [0.3, 0.4) is 0 Å². The van der Waals surface area contributed by atoms with Crippen LogP contribution in [0.15, 0.2) is 164 Å². The molecule has 0 fully saturated rings. The Morgan fingerprint density at radius 3 is 2.20 bits per heavy atom. The average molecular weight is 564 g/mol. The van der Waals surface area contributed by atoms with Crippen molar-refractivity contribution in [2.45, 2.75) is 12.0 Å². The van der Waals surface area contributed by atoms with Crippen LogP contribution in [-0.2, 0) is 0 Å². The first-order chi connectivity index (χ1) is 21.8. The van der Waals surface area contributed by atoms with E-state index in [-0.39, 0.29) is 12.0 Å². The quantitative estimate of drug-likeness (QED) is 0.212. The number of nitrogens with zero attached hydrogens (tertiary/aromatic N) is 3. The lowest BCUT2D eigenvalue weighted by Crippen LogP contribution is -2.28. The van der Waals surface area contributed by atoms with Crippen LogP contribution in [-0.4, -0.2) is 15.6 Å². The molecule has 2 atom stereocenters. The van der Waals surface area contributed by atoms with Gasteiger partial charge in [-0.05, 0) is 82.4 Å². The van der Waals surface area contributed by atoms with Crippen molar-refractivity contribution >= 4 is 33.3 Å². The van der Waals surface area contributed by atoms with Crippen molar-refractivity contribution in [3.63, 3.8) is 0 Å². The number of para-hydroxylation sites is 1. The summed E-state index contributed by atoms with van der Waals surface area (Å²) in [7, 11) is 0. The molecule has 0 saturated carbocycles. The first-order valence-corrected chi connectivity index (χ1v) is 15.2. The fourth-order valence-corrected chi connectivity index (χ4v) is 7.27. The number of pyridine rings is 1. The number of rotatable bonds is 4. The molecule has 0 N–H and O–H groups in total. The smallest absolute Gasteiger partial charge is 0.0963 e. The third-order valence-electron chi connectivity index (χ3n) is 9.16. The Labute approximate surface area is 256 Å². The Bertz CT molecular complexity index is 2240. The van der Waals surface area contributed by atoms with Crippen LogP contribution in [0, 0.1) is 0 Å². The predicted octanol–water partition coefficient (Wildman–Crippen LogP) is 10.2. The van der Waals surface area contributed by atoms with Gasteiger partial charge in [-0.1, -0.05) is 103 Å². The molecular formula is C41H29N3. The van der Waals surface area contributed by atoms with E-state index < -0.39 is 0 Å². The topological polar surface area (TPSA) is 21.1 Å². The molecular weight excluding hydrogens is 534 g/mol. The van der Waals surface area contributed by atoms with Gasteiger partial charge in [0, 0.05) is 34.6 Å². The zero-order valence-corrected chi connectivity index (χ0v) is 24.1. The van der Waals surface area contributed by atoms with Crippen LogP contribution in [0.5, 0.6) is 0 Å². The fraction of sp³-hybridized carbons (Fsp3) is 0.0488. The number of hydrogen-bond acceptors (Lipinski definition) is 2. The molecule has 2 unspecified atom stereocenters. The van der Waals surface area contributed by atoms with Crippen LogP contribution in [0.1, 0.15) is 11.5 Å². The fourth-order valence-electron chi connectivity index (χ4n) is 7.27. The lowest BCUT2D eigenvalue weighted by molar-refractivity contribution is 0.745. The second-order valence-corrected chi connectivity index (χ2v) is 11.6. The van der Waals surface area contributed by atoms with Crippen LogP contribution in [0.25, 0.3) is 49.9 Å². The summed E-state index contributed by atoms with van der Waals surface area (Å²) in [6.07, 6.45) is 11.0. The molecule has 1 aliphatic carbocycles. The SMILES string of the molecule is C1=CC2c3c(-c4ccc5c(c4)c4ncccc4n5-c4cccc(-c5ccccc5)c4)cccc3N(c3ccccc3)C2C=C1. The molecule has 44 heavy (non-hydrogen) atoms. The standard InChI is InChI=1S/C41H29N3/c1-3-12-28(13-4-1)29-14-9-17-32(26-29)44-37-24-23-30(27-35(37)41-39(44)22-11-25-42-41)33-19-10-21-38-40(33)34-18-7-8-20-36(34)43(38)31-15-5-2-6-16-31/h1-27,34,36H. The predicted molar refractivity (Wildman–Crippen MR) is 183 cm³/mol. The molecule has 0 amide bonds. The summed E-state index contributed by atoms with van der Waals surface area (Å²) in [6, 6.07) is 48.3. The highest BCUT2D eigenvalue weighted by molar-refractivity contribution is 6.08. The number of hydrogen-bond donors (Lipinski definition) is 0. The van der Waals surface area contributed by atoms with Gasteiger partial charge in [-0.2, -0.15) is 0 Å². The van der Waals surface area contributed by atoms with Gasteiger partial charge in [0.15, 0.2) is 0 Å². The Morgan fingerprint density at radius 1 is 0.545 bits per heavy atom. The van der Waals surface area contributed by atoms with Gasteiger partial charge in [0.1, 0.15) is 0 Å². The average Bonchev–Trinajstić information content (AvgIpc) is 3.62. The minimum absolute atomic E-state index is 0.253. The minimum Gasteiger partial charge on any atom is -0.333 e. The highest BCUT2D eigenvalue weighted by Gasteiger charge is 2.39. The molecule has 0 bridgehead atoms. The van der Waals surface area contributed by atoms with E-state index in [9.17, 15) is 0 Å². The molecule has 2 aliphatic rings. The summed E-state index contributed by atoms with van der Waals surface area (Å²) < 4.78 is 2.35. The molecule has 0 spiro atoms. The van der Waals surface area contributed by atoms with E-state index in [1.54, 1.807) is 0 Å². The van der Waals surface area contributed by atoms with Gasteiger partial charge in [0.2, 0.25) is 0 Å². The summed E-state index contributed by atoms with van der Waals surface area (Å²) >= 11 is 0. The Hall–Kier alpha value is -5.67. The number of anilines is 2. The molecule has 208 valence electrons. The molecule has 3 heterocycles. The molecule has 2 aromatic heterocycles. The molecule has 7 aromatic rings. The molecule has 0 saturated heterocycles. The number of allylic oxidation sites excluding steroid dienone is 2. The van der Waals surface area contributed by atoms with Crippen molar-refractivity contribution in [3.8, 4) is 27.9 Å². The van der Waals surface area contributed by atoms with Crippen molar-refractivity contribution in [2.75, 3.05) is 4.90 Å². The molecule has 9 rings (SSSR count). The second-order valence-electron chi connectivity index (χ2n) is 11.6. The van der Waals surface area contributed by atoms with Crippen LogP contribution >= 0.6 is 0 Å². The number of aromatic nitrogens is 2. The maximum atomic E-state index is 4.91. The van der Waals surface area contributed by atoms with Gasteiger partial charge in [0.25, 0.3) is 0 Å². The van der Waals surface area contributed by atoms with E-state index in [1.807, 2.05) is 12.3 Å². The first kappa shape index (κ1) is 24.9. The second kappa shape index (κ2) is 9.96. The highest BCUT2D eigenvalue weighted by Crippen LogP contribution is 2.51. The summed E-state index contributed by atoms with van der Waals surface area (Å²) in [5.41, 5.74) is 13.2. The Balaban J connectivity index is 1.23.